The van der Waals surface area contributed by atoms with Crippen molar-refractivity contribution in [2.24, 2.45) is 0 Å². The van der Waals surface area contributed by atoms with E-state index in [2.05, 4.69) is 0 Å². The minimum atomic E-state index is -3.73. The van der Waals surface area contributed by atoms with Crippen LogP contribution in [0.25, 0.3) is 0 Å². The summed E-state index contributed by atoms with van der Waals surface area (Å²) in [6, 6.07) is 13.9. The van der Waals surface area contributed by atoms with Crippen molar-refractivity contribution in [3.05, 3.63) is 59.7 Å². The molecule has 2 aliphatic rings. The Morgan fingerprint density at radius 3 is 2.52 bits per heavy atom. The van der Waals surface area contributed by atoms with Crippen LogP contribution in [0.3, 0.4) is 0 Å². The lowest BCUT2D eigenvalue weighted by Crippen LogP contribution is -2.37. The Kier molecular flexibility index (Phi) is 4.68. The lowest BCUT2D eigenvalue weighted by molar-refractivity contribution is 0.0724. The van der Waals surface area contributed by atoms with Crippen molar-refractivity contribution in [2.75, 3.05) is 17.4 Å². The van der Waals surface area contributed by atoms with Crippen LogP contribution in [-0.4, -0.2) is 38.4 Å². The topological polar surface area (TPSA) is 57.7 Å². The molecule has 2 aromatic rings. The van der Waals surface area contributed by atoms with Gasteiger partial charge in [-0.3, -0.25) is 9.10 Å². The molecule has 1 atom stereocenters. The van der Waals surface area contributed by atoms with Crippen molar-refractivity contribution >= 4 is 21.6 Å². The second kappa shape index (κ2) is 7.00. The molecule has 2 heterocycles. The molecule has 2 aliphatic heterocycles. The summed E-state index contributed by atoms with van der Waals surface area (Å²) < 4.78 is 28.2. The lowest BCUT2D eigenvalue weighted by atomic mass is 10.1. The maximum absolute atomic E-state index is 13.4. The number of benzene rings is 2. The van der Waals surface area contributed by atoms with E-state index in [1.54, 1.807) is 18.2 Å². The number of sulfonamides is 1. The summed E-state index contributed by atoms with van der Waals surface area (Å²) in [7, 11) is -3.73. The zero-order chi connectivity index (χ0) is 19.0. The van der Waals surface area contributed by atoms with Gasteiger partial charge in [-0.25, -0.2) is 8.42 Å². The molecule has 6 heteroatoms. The molecule has 0 radical (unpaired) electrons. The molecular formula is C21H24N2O3S. The average molecular weight is 385 g/mol. The number of piperidine rings is 1. The van der Waals surface area contributed by atoms with Gasteiger partial charge in [0, 0.05) is 24.7 Å². The first kappa shape index (κ1) is 18.0. The van der Waals surface area contributed by atoms with E-state index >= 15 is 0 Å². The Morgan fingerprint density at radius 1 is 1.00 bits per heavy atom. The quantitative estimate of drug-likeness (QED) is 0.814. The summed E-state index contributed by atoms with van der Waals surface area (Å²) in [6.45, 7) is 3.40. The van der Waals surface area contributed by atoms with Gasteiger partial charge in [0.15, 0.2) is 0 Å². The first-order valence-corrected chi connectivity index (χ1v) is 10.9. The number of para-hydroxylation sites is 1. The number of fused-ring (bicyclic) bond motifs is 1. The maximum atomic E-state index is 13.4. The van der Waals surface area contributed by atoms with E-state index < -0.39 is 10.0 Å². The highest BCUT2D eigenvalue weighted by Crippen LogP contribution is 2.36. The van der Waals surface area contributed by atoms with E-state index in [0.29, 0.717) is 12.0 Å². The van der Waals surface area contributed by atoms with Gasteiger partial charge in [-0.15, -0.1) is 0 Å². The second-order valence-electron chi connectivity index (χ2n) is 7.36. The first-order valence-electron chi connectivity index (χ1n) is 9.50. The Balaban J connectivity index is 1.68. The van der Waals surface area contributed by atoms with Crippen molar-refractivity contribution < 1.29 is 13.2 Å². The van der Waals surface area contributed by atoms with Gasteiger partial charge in [0.05, 0.1) is 10.6 Å². The van der Waals surface area contributed by atoms with E-state index in [0.717, 1.165) is 43.6 Å². The number of hydrogen-bond acceptors (Lipinski definition) is 3. The van der Waals surface area contributed by atoms with E-state index in [1.807, 2.05) is 36.1 Å². The molecule has 5 nitrogen and oxygen atoms in total. The molecule has 0 saturated carbocycles. The molecule has 0 spiro atoms. The predicted molar refractivity (Wildman–Crippen MR) is 105 cm³/mol. The van der Waals surface area contributed by atoms with Crippen molar-refractivity contribution in [1.29, 1.82) is 0 Å². The van der Waals surface area contributed by atoms with Crippen LogP contribution in [0.15, 0.2) is 53.4 Å². The average Bonchev–Trinajstić information content (AvgIpc) is 3.04. The van der Waals surface area contributed by atoms with Crippen LogP contribution in [0.1, 0.15) is 42.1 Å². The lowest BCUT2D eigenvalue weighted by Gasteiger charge is -2.27. The molecule has 1 saturated heterocycles. The minimum Gasteiger partial charge on any atom is -0.339 e. The van der Waals surface area contributed by atoms with E-state index in [-0.39, 0.29) is 16.8 Å². The number of anilines is 1. The Morgan fingerprint density at radius 2 is 1.74 bits per heavy atom. The number of carbonyl (C=O) groups excluding carboxylic acids is 1. The SMILES string of the molecule is C[C@@H]1Cc2ccccc2N1S(=O)(=O)c1cccc(C(=O)N2CCCCC2)c1. The van der Waals surface area contributed by atoms with Crippen LogP contribution in [0.4, 0.5) is 5.69 Å². The fraction of sp³-hybridized carbons (Fsp3) is 0.381. The molecule has 0 N–H and O–H groups in total. The summed E-state index contributed by atoms with van der Waals surface area (Å²) in [5.74, 6) is -0.0818. The molecule has 142 valence electrons. The number of amides is 1. The summed E-state index contributed by atoms with van der Waals surface area (Å²) in [5, 5.41) is 0. The number of carbonyl (C=O) groups is 1. The fourth-order valence-electron chi connectivity index (χ4n) is 4.09. The van der Waals surface area contributed by atoms with Gasteiger partial charge in [0.25, 0.3) is 15.9 Å². The van der Waals surface area contributed by atoms with Gasteiger partial charge in [-0.05, 0) is 62.4 Å². The highest BCUT2D eigenvalue weighted by atomic mass is 32.2. The number of likely N-dealkylation sites (tertiary alicyclic amines) is 1. The van der Waals surface area contributed by atoms with Crippen molar-refractivity contribution in [3.8, 4) is 0 Å². The van der Waals surface area contributed by atoms with Gasteiger partial charge >= 0.3 is 0 Å². The molecule has 0 aromatic heterocycles. The van der Waals surface area contributed by atoms with Gasteiger partial charge in [0.2, 0.25) is 0 Å². The molecule has 0 aliphatic carbocycles. The Hall–Kier alpha value is -2.34. The van der Waals surface area contributed by atoms with Crippen LogP contribution in [0.5, 0.6) is 0 Å². The molecule has 0 bridgehead atoms. The molecule has 1 fully saturated rings. The summed E-state index contributed by atoms with van der Waals surface area (Å²) in [5.41, 5.74) is 2.21. The third-order valence-corrected chi connectivity index (χ3v) is 7.35. The zero-order valence-electron chi connectivity index (χ0n) is 15.5. The van der Waals surface area contributed by atoms with Gasteiger partial charge in [-0.2, -0.15) is 0 Å². The second-order valence-corrected chi connectivity index (χ2v) is 9.18. The maximum Gasteiger partial charge on any atom is 0.264 e. The highest BCUT2D eigenvalue weighted by Gasteiger charge is 2.36. The van der Waals surface area contributed by atoms with Crippen LogP contribution >= 0.6 is 0 Å². The third kappa shape index (κ3) is 3.23. The van der Waals surface area contributed by atoms with E-state index in [1.165, 1.54) is 10.4 Å². The smallest absolute Gasteiger partial charge is 0.264 e. The van der Waals surface area contributed by atoms with Gasteiger partial charge in [0.1, 0.15) is 0 Å². The number of rotatable bonds is 3. The fourth-order valence-corrected chi connectivity index (χ4v) is 5.83. The normalized spacial score (nSPS) is 19.8. The Bertz CT molecular complexity index is 965. The Labute approximate surface area is 160 Å². The van der Waals surface area contributed by atoms with Crippen LogP contribution < -0.4 is 4.31 Å². The summed E-state index contributed by atoms with van der Waals surface area (Å²) in [6.07, 6.45) is 3.85. The van der Waals surface area contributed by atoms with E-state index in [4.69, 9.17) is 0 Å². The van der Waals surface area contributed by atoms with Crippen molar-refractivity contribution in [3.63, 3.8) is 0 Å². The predicted octanol–water partition coefficient (Wildman–Crippen LogP) is 3.45. The van der Waals surface area contributed by atoms with E-state index in [9.17, 15) is 13.2 Å². The van der Waals surface area contributed by atoms with Crippen molar-refractivity contribution in [2.45, 2.75) is 43.5 Å². The van der Waals surface area contributed by atoms with Gasteiger partial charge in [-0.1, -0.05) is 24.3 Å². The van der Waals surface area contributed by atoms with Crippen LogP contribution in [-0.2, 0) is 16.4 Å². The largest absolute Gasteiger partial charge is 0.339 e. The third-order valence-electron chi connectivity index (χ3n) is 5.43. The first-order chi connectivity index (χ1) is 13.0. The van der Waals surface area contributed by atoms with Gasteiger partial charge < -0.3 is 4.90 Å². The minimum absolute atomic E-state index is 0.0818. The highest BCUT2D eigenvalue weighted by molar-refractivity contribution is 7.92. The standard InChI is InChI=1S/C21H24N2O3S/c1-16-14-17-8-3-4-11-20(17)23(16)27(25,26)19-10-7-9-18(15-19)21(24)22-12-5-2-6-13-22/h3-4,7-11,15-16H,2,5-6,12-14H2,1H3/t16-/m1/s1. The zero-order valence-corrected chi connectivity index (χ0v) is 16.3. The van der Waals surface area contributed by atoms with Crippen LogP contribution in [0, 0.1) is 0 Å². The molecule has 2 aromatic carbocycles. The van der Waals surface area contributed by atoms with Crippen molar-refractivity contribution in [1.82, 2.24) is 4.90 Å². The molecule has 0 unspecified atom stereocenters. The number of hydrogen-bond donors (Lipinski definition) is 0. The summed E-state index contributed by atoms with van der Waals surface area (Å²) >= 11 is 0. The number of nitrogens with zero attached hydrogens (tertiary/aromatic N) is 2. The van der Waals surface area contributed by atoms with Crippen LogP contribution in [0.2, 0.25) is 0 Å². The molecule has 27 heavy (non-hydrogen) atoms. The molecular weight excluding hydrogens is 360 g/mol. The monoisotopic (exact) mass is 384 g/mol. The molecule has 4 rings (SSSR count). The summed E-state index contributed by atoms with van der Waals surface area (Å²) in [4.78, 5) is 14.8. The molecule has 1 amide bonds.